The highest BCUT2D eigenvalue weighted by Crippen LogP contribution is 2.13. The van der Waals surface area contributed by atoms with Crippen LogP contribution in [-0.2, 0) is 13.2 Å². The van der Waals surface area contributed by atoms with Gasteiger partial charge in [-0.15, -0.1) is 0 Å². The van der Waals surface area contributed by atoms with Gasteiger partial charge >= 0.3 is 0 Å². The first-order valence-corrected chi connectivity index (χ1v) is 5.70. The Hall–Kier alpha value is -1.94. The van der Waals surface area contributed by atoms with E-state index >= 15 is 0 Å². The van der Waals surface area contributed by atoms with Crippen LogP contribution in [0.15, 0.2) is 42.6 Å². The molecule has 0 fully saturated rings. The number of hydrogen-bond donors (Lipinski definition) is 1. The molecule has 0 bridgehead atoms. The molecule has 1 aromatic heterocycles. The largest absolute Gasteiger partial charge is 0.392 e. The molecule has 0 aliphatic heterocycles. The molecular formula is C14H15FN2O. The average Bonchev–Trinajstić information content (AvgIpc) is 2.39. The highest BCUT2D eigenvalue weighted by Gasteiger charge is 2.04. The van der Waals surface area contributed by atoms with Gasteiger partial charge in [0.25, 0.3) is 0 Å². The van der Waals surface area contributed by atoms with Gasteiger partial charge < -0.3 is 10.0 Å². The smallest absolute Gasteiger partial charge is 0.128 e. The molecule has 0 atom stereocenters. The van der Waals surface area contributed by atoms with Crippen molar-refractivity contribution in [3.8, 4) is 0 Å². The summed E-state index contributed by atoms with van der Waals surface area (Å²) in [6, 6.07) is 10.2. The standard InChI is InChI=1S/C14H15FN2O/c1-17(9-11-3-2-4-13(15)7-11)14-6-5-12(10-18)8-16-14/h2-8,18H,9-10H2,1H3. The molecule has 18 heavy (non-hydrogen) atoms. The highest BCUT2D eigenvalue weighted by molar-refractivity contribution is 5.39. The fourth-order valence-electron chi connectivity index (χ4n) is 1.73. The second kappa shape index (κ2) is 5.60. The van der Waals surface area contributed by atoms with Gasteiger partial charge in [0.2, 0.25) is 0 Å². The maximum atomic E-state index is 13.1. The number of anilines is 1. The molecule has 0 unspecified atom stereocenters. The third-order valence-corrected chi connectivity index (χ3v) is 2.69. The van der Waals surface area contributed by atoms with E-state index in [0.717, 1.165) is 16.9 Å². The van der Waals surface area contributed by atoms with Crippen LogP contribution in [0.2, 0.25) is 0 Å². The summed E-state index contributed by atoms with van der Waals surface area (Å²) in [6.45, 7) is 0.574. The zero-order chi connectivity index (χ0) is 13.0. The Balaban J connectivity index is 2.09. The SMILES string of the molecule is CN(Cc1cccc(F)c1)c1ccc(CO)cn1. The Morgan fingerprint density at radius 1 is 1.22 bits per heavy atom. The summed E-state index contributed by atoms with van der Waals surface area (Å²) in [5, 5.41) is 8.94. The van der Waals surface area contributed by atoms with E-state index in [9.17, 15) is 4.39 Å². The fourth-order valence-corrected chi connectivity index (χ4v) is 1.73. The number of aliphatic hydroxyl groups excluding tert-OH is 1. The minimum Gasteiger partial charge on any atom is -0.392 e. The molecule has 94 valence electrons. The molecule has 0 saturated heterocycles. The monoisotopic (exact) mass is 246 g/mol. The lowest BCUT2D eigenvalue weighted by Gasteiger charge is -2.18. The molecule has 4 heteroatoms. The molecule has 0 aliphatic carbocycles. The van der Waals surface area contributed by atoms with Crippen LogP contribution in [0.1, 0.15) is 11.1 Å². The first-order valence-electron chi connectivity index (χ1n) is 5.70. The fraction of sp³-hybridized carbons (Fsp3) is 0.214. The van der Waals surface area contributed by atoms with Crippen LogP contribution in [0.3, 0.4) is 0 Å². The number of nitrogens with zero attached hydrogens (tertiary/aromatic N) is 2. The average molecular weight is 246 g/mol. The number of aliphatic hydroxyl groups is 1. The quantitative estimate of drug-likeness (QED) is 0.899. The van der Waals surface area contributed by atoms with Gasteiger partial charge in [-0.3, -0.25) is 0 Å². The maximum absolute atomic E-state index is 13.1. The van der Waals surface area contributed by atoms with Crippen molar-refractivity contribution < 1.29 is 9.50 Å². The lowest BCUT2D eigenvalue weighted by molar-refractivity contribution is 0.281. The third-order valence-electron chi connectivity index (χ3n) is 2.69. The lowest BCUT2D eigenvalue weighted by atomic mass is 10.2. The van der Waals surface area contributed by atoms with Crippen LogP contribution in [0.25, 0.3) is 0 Å². The summed E-state index contributed by atoms with van der Waals surface area (Å²) in [6.07, 6.45) is 1.64. The van der Waals surface area contributed by atoms with Crippen LogP contribution in [-0.4, -0.2) is 17.1 Å². The molecule has 0 radical (unpaired) electrons. The third kappa shape index (κ3) is 3.05. The van der Waals surface area contributed by atoms with Crippen molar-refractivity contribution in [2.45, 2.75) is 13.2 Å². The molecule has 1 heterocycles. The van der Waals surface area contributed by atoms with Crippen molar-refractivity contribution in [3.63, 3.8) is 0 Å². The van der Waals surface area contributed by atoms with E-state index in [1.807, 2.05) is 30.1 Å². The molecule has 0 saturated carbocycles. The molecule has 2 rings (SSSR count). The second-order valence-electron chi connectivity index (χ2n) is 4.17. The van der Waals surface area contributed by atoms with E-state index in [0.29, 0.717) is 6.54 Å². The van der Waals surface area contributed by atoms with Crippen molar-refractivity contribution in [2.75, 3.05) is 11.9 Å². The predicted molar refractivity (Wildman–Crippen MR) is 68.7 cm³/mol. The van der Waals surface area contributed by atoms with Crippen molar-refractivity contribution in [2.24, 2.45) is 0 Å². The molecule has 0 amide bonds. The van der Waals surface area contributed by atoms with Crippen LogP contribution >= 0.6 is 0 Å². The second-order valence-corrected chi connectivity index (χ2v) is 4.17. The van der Waals surface area contributed by atoms with Gasteiger partial charge in [0, 0.05) is 19.8 Å². The minimum atomic E-state index is -0.232. The van der Waals surface area contributed by atoms with Crippen LogP contribution in [0, 0.1) is 5.82 Å². The zero-order valence-corrected chi connectivity index (χ0v) is 10.2. The van der Waals surface area contributed by atoms with E-state index in [-0.39, 0.29) is 12.4 Å². The van der Waals surface area contributed by atoms with Gasteiger partial charge in [0.15, 0.2) is 0 Å². The Morgan fingerprint density at radius 3 is 2.67 bits per heavy atom. The Labute approximate surface area is 106 Å². The molecule has 1 aromatic carbocycles. The molecule has 3 nitrogen and oxygen atoms in total. The zero-order valence-electron chi connectivity index (χ0n) is 10.2. The van der Waals surface area contributed by atoms with Crippen molar-refractivity contribution >= 4 is 5.82 Å². The van der Waals surface area contributed by atoms with Gasteiger partial charge in [-0.2, -0.15) is 0 Å². The molecule has 0 aliphatic rings. The van der Waals surface area contributed by atoms with E-state index in [1.165, 1.54) is 12.1 Å². The summed E-state index contributed by atoms with van der Waals surface area (Å²) in [5.41, 5.74) is 1.67. The molecular weight excluding hydrogens is 231 g/mol. The van der Waals surface area contributed by atoms with Gasteiger partial charge in [-0.1, -0.05) is 18.2 Å². The van der Waals surface area contributed by atoms with Gasteiger partial charge in [0.1, 0.15) is 11.6 Å². The number of rotatable bonds is 4. The van der Waals surface area contributed by atoms with Gasteiger partial charge in [-0.25, -0.2) is 9.37 Å². The normalized spacial score (nSPS) is 10.4. The summed E-state index contributed by atoms with van der Waals surface area (Å²) >= 11 is 0. The Kier molecular flexibility index (Phi) is 3.89. The van der Waals surface area contributed by atoms with Crippen molar-refractivity contribution in [1.82, 2.24) is 4.98 Å². The van der Waals surface area contributed by atoms with E-state index in [1.54, 1.807) is 12.3 Å². The molecule has 1 N–H and O–H groups in total. The predicted octanol–water partition coefficient (Wildman–Crippen LogP) is 2.35. The first kappa shape index (κ1) is 12.5. The summed E-state index contributed by atoms with van der Waals surface area (Å²) in [7, 11) is 1.89. The van der Waals surface area contributed by atoms with E-state index in [2.05, 4.69) is 4.98 Å². The summed E-state index contributed by atoms with van der Waals surface area (Å²) < 4.78 is 13.1. The minimum absolute atomic E-state index is 0.0130. The van der Waals surface area contributed by atoms with Crippen LogP contribution in [0.4, 0.5) is 10.2 Å². The topological polar surface area (TPSA) is 36.4 Å². The molecule has 2 aromatic rings. The van der Waals surface area contributed by atoms with Crippen LogP contribution < -0.4 is 4.90 Å². The lowest BCUT2D eigenvalue weighted by Crippen LogP contribution is -2.17. The van der Waals surface area contributed by atoms with Crippen molar-refractivity contribution in [3.05, 3.63) is 59.5 Å². The van der Waals surface area contributed by atoms with E-state index < -0.39 is 0 Å². The highest BCUT2D eigenvalue weighted by atomic mass is 19.1. The van der Waals surface area contributed by atoms with Crippen LogP contribution in [0.5, 0.6) is 0 Å². The Morgan fingerprint density at radius 2 is 2.06 bits per heavy atom. The number of benzene rings is 1. The number of halogens is 1. The maximum Gasteiger partial charge on any atom is 0.128 e. The van der Waals surface area contributed by atoms with Gasteiger partial charge in [-0.05, 0) is 29.3 Å². The van der Waals surface area contributed by atoms with Gasteiger partial charge in [0.05, 0.1) is 6.61 Å². The summed E-state index contributed by atoms with van der Waals surface area (Å²) in [5.74, 6) is 0.556. The number of aromatic nitrogens is 1. The molecule has 0 spiro atoms. The number of hydrogen-bond acceptors (Lipinski definition) is 3. The van der Waals surface area contributed by atoms with Crippen molar-refractivity contribution in [1.29, 1.82) is 0 Å². The summed E-state index contributed by atoms with van der Waals surface area (Å²) in [4.78, 5) is 6.17. The number of pyridine rings is 1. The Bertz CT molecular complexity index is 513. The van der Waals surface area contributed by atoms with E-state index in [4.69, 9.17) is 5.11 Å². The first-order chi connectivity index (χ1) is 8.69.